The van der Waals surface area contributed by atoms with Crippen molar-refractivity contribution in [1.82, 2.24) is 5.32 Å². The second kappa shape index (κ2) is 8.50. The van der Waals surface area contributed by atoms with Gasteiger partial charge in [-0.2, -0.15) is 0 Å². The minimum Gasteiger partial charge on any atom is -0.348 e. The predicted octanol–water partition coefficient (Wildman–Crippen LogP) is 3.64. The molecule has 0 aliphatic carbocycles. The normalized spacial score (nSPS) is 10.3. The van der Waals surface area contributed by atoms with E-state index in [-0.39, 0.29) is 0 Å². The molecule has 0 atom stereocenters. The Labute approximate surface area is 147 Å². The fourth-order valence-corrected chi connectivity index (χ4v) is 2.83. The van der Waals surface area contributed by atoms with Crippen LogP contribution in [0.4, 0.5) is 5.69 Å². The first kappa shape index (κ1) is 18.0. The van der Waals surface area contributed by atoms with Crippen LogP contribution in [0.15, 0.2) is 42.5 Å². The van der Waals surface area contributed by atoms with Crippen molar-refractivity contribution in [3.8, 4) is 0 Å². The quantitative estimate of drug-likeness (QED) is 0.642. The lowest BCUT2D eigenvalue weighted by Crippen LogP contribution is -2.36. The van der Waals surface area contributed by atoms with Gasteiger partial charge >= 0.3 is 11.8 Å². The van der Waals surface area contributed by atoms with Gasteiger partial charge in [0.1, 0.15) is 0 Å². The summed E-state index contributed by atoms with van der Waals surface area (Å²) in [5.41, 5.74) is 3.51. The predicted molar refractivity (Wildman–Crippen MR) is 97.3 cm³/mol. The molecule has 2 N–H and O–H groups in total. The smallest absolute Gasteiger partial charge is 0.313 e. The molecule has 0 aliphatic heterocycles. The average Bonchev–Trinajstić information content (AvgIpc) is 2.55. The number of amides is 2. The number of halogens is 1. The first-order chi connectivity index (χ1) is 11.5. The molecule has 4 nitrogen and oxygen atoms in total. The molecule has 2 aromatic rings. The van der Waals surface area contributed by atoms with Gasteiger partial charge in [-0.3, -0.25) is 9.59 Å². The zero-order chi connectivity index (χ0) is 17.5. The number of aryl methyl sites for hydroxylation is 3. The Morgan fingerprint density at radius 3 is 2.42 bits per heavy atom. The molecule has 0 radical (unpaired) electrons. The second-order valence-electron chi connectivity index (χ2n) is 5.74. The minimum absolute atomic E-state index is 0.428. The summed E-state index contributed by atoms with van der Waals surface area (Å²) in [4.78, 5) is 23.9. The van der Waals surface area contributed by atoms with Crippen LogP contribution in [-0.4, -0.2) is 18.4 Å². The summed E-state index contributed by atoms with van der Waals surface area (Å²) in [5, 5.41) is 5.64. The van der Waals surface area contributed by atoms with Crippen LogP contribution < -0.4 is 10.6 Å². The van der Waals surface area contributed by atoms with Crippen molar-refractivity contribution in [2.45, 2.75) is 26.7 Å². The van der Waals surface area contributed by atoms with E-state index < -0.39 is 11.8 Å². The third-order valence-electron chi connectivity index (χ3n) is 3.65. The molecular weight excluding hydrogens is 324 g/mol. The maximum Gasteiger partial charge on any atom is 0.313 e. The minimum atomic E-state index is -0.705. The van der Waals surface area contributed by atoms with Crippen LogP contribution in [0.25, 0.3) is 0 Å². The van der Waals surface area contributed by atoms with Crippen LogP contribution in [0, 0.1) is 13.8 Å². The van der Waals surface area contributed by atoms with Gasteiger partial charge in [-0.25, -0.2) is 0 Å². The van der Waals surface area contributed by atoms with Crippen molar-refractivity contribution >= 4 is 29.1 Å². The lowest BCUT2D eigenvalue weighted by molar-refractivity contribution is -0.136. The van der Waals surface area contributed by atoms with Crippen LogP contribution in [0.2, 0.25) is 5.02 Å². The molecule has 0 bridgehead atoms. The van der Waals surface area contributed by atoms with E-state index in [4.69, 9.17) is 11.6 Å². The number of hydrogen-bond acceptors (Lipinski definition) is 2. The van der Waals surface area contributed by atoms with Gasteiger partial charge < -0.3 is 10.6 Å². The van der Waals surface area contributed by atoms with E-state index in [2.05, 4.69) is 10.6 Å². The van der Waals surface area contributed by atoms with E-state index in [0.717, 1.165) is 24.0 Å². The van der Waals surface area contributed by atoms with E-state index >= 15 is 0 Å². The van der Waals surface area contributed by atoms with Gasteiger partial charge in [0, 0.05) is 6.54 Å². The number of rotatable bonds is 5. The number of anilines is 1. The van der Waals surface area contributed by atoms with Gasteiger partial charge in [-0.1, -0.05) is 48.0 Å². The molecule has 0 spiro atoms. The SMILES string of the molecule is Cc1cc(C)c(NC(=O)C(=O)NCCCc2ccccc2)c(Cl)c1. The number of hydrogen-bond donors (Lipinski definition) is 2. The van der Waals surface area contributed by atoms with E-state index in [9.17, 15) is 9.59 Å². The summed E-state index contributed by atoms with van der Waals surface area (Å²) in [6.07, 6.45) is 1.62. The number of carbonyl (C=O) groups excluding carboxylic acids is 2. The standard InChI is InChI=1S/C19H21ClN2O2/c1-13-11-14(2)17(16(20)12-13)22-19(24)18(23)21-10-6-9-15-7-4-3-5-8-15/h3-5,7-8,11-12H,6,9-10H2,1-2H3,(H,21,23)(H,22,24). The molecule has 0 saturated carbocycles. The fraction of sp³-hybridized carbons (Fsp3) is 0.263. The van der Waals surface area contributed by atoms with E-state index in [0.29, 0.717) is 17.3 Å². The van der Waals surface area contributed by atoms with Gasteiger partial charge in [-0.05, 0) is 49.4 Å². The molecule has 0 unspecified atom stereocenters. The Kier molecular flexibility index (Phi) is 6.38. The molecule has 0 saturated heterocycles. The summed E-state index contributed by atoms with van der Waals surface area (Å²) in [6.45, 7) is 4.21. The first-order valence-corrected chi connectivity index (χ1v) is 8.25. The molecule has 2 rings (SSSR count). The summed E-state index contributed by atoms with van der Waals surface area (Å²) >= 11 is 6.13. The van der Waals surface area contributed by atoms with Gasteiger partial charge in [0.2, 0.25) is 0 Å². The molecule has 24 heavy (non-hydrogen) atoms. The van der Waals surface area contributed by atoms with Gasteiger partial charge in [0.15, 0.2) is 0 Å². The third kappa shape index (κ3) is 5.10. The molecule has 2 aromatic carbocycles. The van der Waals surface area contributed by atoms with E-state index in [1.807, 2.05) is 50.2 Å². The molecule has 0 aliphatic rings. The Balaban J connectivity index is 1.81. The van der Waals surface area contributed by atoms with Crippen LogP contribution in [0.1, 0.15) is 23.1 Å². The number of carbonyl (C=O) groups is 2. The van der Waals surface area contributed by atoms with Crippen molar-refractivity contribution < 1.29 is 9.59 Å². The zero-order valence-electron chi connectivity index (χ0n) is 13.9. The number of benzene rings is 2. The molecule has 5 heteroatoms. The molecular formula is C19H21ClN2O2. The lowest BCUT2D eigenvalue weighted by Gasteiger charge is -2.11. The van der Waals surface area contributed by atoms with Gasteiger partial charge in [0.25, 0.3) is 0 Å². The monoisotopic (exact) mass is 344 g/mol. The number of nitrogens with one attached hydrogen (secondary N) is 2. The summed E-state index contributed by atoms with van der Waals surface area (Å²) in [5.74, 6) is -1.36. The highest BCUT2D eigenvalue weighted by Crippen LogP contribution is 2.27. The summed E-state index contributed by atoms with van der Waals surface area (Å²) in [7, 11) is 0. The van der Waals surface area contributed by atoms with Gasteiger partial charge in [-0.15, -0.1) is 0 Å². The maximum absolute atomic E-state index is 12.0. The summed E-state index contributed by atoms with van der Waals surface area (Å²) < 4.78 is 0. The van der Waals surface area contributed by atoms with Crippen molar-refractivity contribution in [3.63, 3.8) is 0 Å². The highest BCUT2D eigenvalue weighted by molar-refractivity contribution is 6.41. The third-order valence-corrected chi connectivity index (χ3v) is 3.95. The summed E-state index contributed by atoms with van der Waals surface area (Å²) in [6, 6.07) is 13.7. The molecule has 0 aromatic heterocycles. The Morgan fingerprint density at radius 2 is 1.75 bits per heavy atom. The van der Waals surface area contributed by atoms with E-state index in [1.54, 1.807) is 6.07 Å². The van der Waals surface area contributed by atoms with E-state index in [1.165, 1.54) is 5.56 Å². The topological polar surface area (TPSA) is 58.2 Å². The van der Waals surface area contributed by atoms with Crippen molar-refractivity contribution in [2.75, 3.05) is 11.9 Å². The Bertz CT molecular complexity index is 706. The highest BCUT2D eigenvalue weighted by atomic mass is 35.5. The Morgan fingerprint density at radius 1 is 1.04 bits per heavy atom. The molecule has 0 heterocycles. The molecule has 0 fully saturated rings. The Hall–Kier alpha value is -2.33. The molecule has 2 amide bonds. The van der Waals surface area contributed by atoms with Crippen LogP contribution >= 0.6 is 11.6 Å². The first-order valence-electron chi connectivity index (χ1n) is 7.87. The average molecular weight is 345 g/mol. The lowest BCUT2D eigenvalue weighted by atomic mass is 10.1. The molecule has 126 valence electrons. The fourth-order valence-electron chi connectivity index (χ4n) is 2.46. The van der Waals surface area contributed by atoms with Crippen LogP contribution in [0.3, 0.4) is 0 Å². The van der Waals surface area contributed by atoms with Gasteiger partial charge in [0.05, 0.1) is 10.7 Å². The van der Waals surface area contributed by atoms with Crippen molar-refractivity contribution in [3.05, 3.63) is 64.2 Å². The van der Waals surface area contributed by atoms with Crippen molar-refractivity contribution in [2.24, 2.45) is 0 Å². The largest absolute Gasteiger partial charge is 0.348 e. The van der Waals surface area contributed by atoms with Crippen LogP contribution in [0.5, 0.6) is 0 Å². The van der Waals surface area contributed by atoms with Crippen LogP contribution in [-0.2, 0) is 16.0 Å². The highest BCUT2D eigenvalue weighted by Gasteiger charge is 2.16. The maximum atomic E-state index is 12.0. The van der Waals surface area contributed by atoms with Crippen molar-refractivity contribution in [1.29, 1.82) is 0 Å². The second-order valence-corrected chi connectivity index (χ2v) is 6.15. The zero-order valence-corrected chi connectivity index (χ0v) is 14.6.